The van der Waals surface area contributed by atoms with Crippen molar-refractivity contribution in [2.75, 3.05) is 6.54 Å². The lowest BCUT2D eigenvalue weighted by molar-refractivity contribution is 0.159. The van der Waals surface area contributed by atoms with E-state index in [1.54, 1.807) is 12.1 Å². The molecule has 4 heteroatoms. The highest BCUT2D eigenvalue weighted by Gasteiger charge is 2.35. The van der Waals surface area contributed by atoms with E-state index in [9.17, 15) is 4.39 Å². The van der Waals surface area contributed by atoms with Crippen molar-refractivity contribution in [2.24, 2.45) is 0 Å². The summed E-state index contributed by atoms with van der Waals surface area (Å²) in [7, 11) is 0. The van der Waals surface area contributed by atoms with Crippen molar-refractivity contribution < 1.29 is 8.81 Å². The van der Waals surface area contributed by atoms with Crippen molar-refractivity contribution in [3.63, 3.8) is 0 Å². The van der Waals surface area contributed by atoms with Gasteiger partial charge in [-0.3, -0.25) is 4.90 Å². The monoisotopic (exact) mass is 314 g/mol. The van der Waals surface area contributed by atoms with Gasteiger partial charge in [-0.2, -0.15) is 0 Å². The van der Waals surface area contributed by atoms with E-state index in [0.29, 0.717) is 18.5 Å². The summed E-state index contributed by atoms with van der Waals surface area (Å²) >= 11 is 0. The van der Waals surface area contributed by atoms with Gasteiger partial charge in [0.2, 0.25) is 5.89 Å². The largest absolute Gasteiger partial charge is 0.444 e. The molecular formula is C19H23FN2O. The SMILES string of the molecule is Fc1cccc(Cc2cnc([C@H]3CCCN3C3CCCC3)o2)c1. The van der Waals surface area contributed by atoms with Crippen molar-refractivity contribution in [3.05, 3.63) is 53.5 Å². The molecule has 23 heavy (non-hydrogen) atoms. The van der Waals surface area contributed by atoms with Crippen molar-refractivity contribution in [2.45, 2.75) is 57.0 Å². The van der Waals surface area contributed by atoms with Gasteiger partial charge in [0.05, 0.1) is 12.2 Å². The third kappa shape index (κ3) is 3.18. The maximum atomic E-state index is 13.3. The van der Waals surface area contributed by atoms with Crippen molar-refractivity contribution in [1.29, 1.82) is 0 Å². The topological polar surface area (TPSA) is 29.3 Å². The van der Waals surface area contributed by atoms with Gasteiger partial charge in [0.25, 0.3) is 0 Å². The molecule has 1 aromatic heterocycles. The molecule has 1 aromatic carbocycles. The second-order valence-corrected chi connectivity index (χ2v) is 6.81. The number of rotatable bonds is 4. The summed E-state index contributed by atoms with van der Waals surface area (Å²) in [6.07, 6.45) is 10.1. The molecular weight excluding hydrogens is 291 g/mol. The highest BCUT2D eigenvalue weighted by Crippen LogP contribution is 2.38. The molecule has 1 atom stereocenters. The molecule has 0 amide bonds. The van der Waals surface area contributed by atoms with Crippen LogP contribution in [-0.4, -0.2) is 22.5 Å². The highest BCUT2D eigenvalue weighted by atomic mass is 19.1. The van der Waals surface area contributed by atoms with Gasteiger partial charge < -0.3 is 4.42 Å². The molecule has 2 heterocycles. The van der Waals surface area contributed by atoms with Gasteiger partial charge in [-0.05, 0) is 49.9 Å². The number of hydrogen-bond acceptors (Lipinski definition) is 3. The van der Waals surface area contributed by atoms with Crippen LogP contribution < -0.4 is 0 Å². The fraction of sp³-hybridized carbons (Fsp3) is 0.526. The summed E-state index contributed by atoms with van der Waals surface area (Å²) < 4.78 is 19.3. The Kier molecular flexibility index (Phi) is 4.17. The van der Waals surface area contributed by atoms with Crippen LogP contribution in [0.25, 0.3) is 0 Å². The lowest BCUT2D eigenvalue weighted by Crippen LogP contribution is -2.32. The van der Waals surface area contributed by atoms with Gasteiger partial charge in [-0.25, -0.2) is 9.37 Å². The first kappa shape index (κ1) is 14.9. The molecule has 0 bridgehead atoms. The molecule has 1 aliphatic heterocycles. The molecule has 4 rings (SSSR count). The fourth-order valence-electron chi connectivity index (χ4n) is 4.13. The zero-order chi connectivity index (χ0) is 15.6. The number of oxazole rings is 1. The van der Waals surface area contributed by atoms with Gasteiger partial charge in [0.15, 0.2) is 0 Å². The van der Waals surface area contributed by atoms with Crippen LogP contribution in [0.5, 0.6) is 0 Å². The predicted octanol–water partition coefficient (Wildman–Crippen LogP) is 4.48. The summed E-state index contributed by atoms with van der Waals surface area (Å²) in [5, 5.41) is 0. The maximum absolute atomic E-state index is 13.3. The number of nitrogens with zero attached hydrogens (tertiary/aromatic N) is 2. The van der Waals surface area contributed by atoms with E-state index < -0.39 is 0 Å². The molecule has 3 nitrogen and oxygen atoms in total. The van der Waals surface area contributed by atoms with E-state index >= 15 is 0 Å². The van der Waals surface area contributed by atoms with E-state index in [1.807, 2.05) is 12.3 Å². The van der Waals surface area contributed by atoms with Gasteiger partial charge >= 0.3 is 0 Å². The van der Waals surface area contributed by atoms with Crippen LogP contribution >= 0.6 is 0 Å². The Morgan fingerprint density at radius 1 is 1.17 bits per heavy atom. The van der Waals surface area contributed by atoms with Crippen LogP contribution in [0.4, 0.5) is 4.39 Å². The van der Waals surface area contributed by atoms with Gasteiger partial charge in [0.1, 0.15) is 11.6 Å². The molecule has 2 fully saturated rings. The zero-order valence-corrected chi connectivity index (χ0v) is 13.4. The van der Waals surface area contributed by atoms with Crippen molar-refractivity contribution in [3.8, 4) is 0 Å². The minimum atomic E-state index is -0.203. The molecule has 0 unspecified atom stereocenters. The first-order valence-electron chi connectivity index (χ1n) is 8.74. The van der Waals surface area contributed by atoms with E-state index in [1.165, 1.54) is 38.2 Å². The zero-order valence-electron chi connectivity index (χ0n) is 13.4. The standard InChI is InChI=1S/C19H23FN2O/c20-15-6-3-5-14(11-15)12-17-13-21-19(23-17)18-9-4-10-22(18)16-7-1-2-8-16/h3,5-6,11,13,16,18H,1-2,4,7-10,12H2/t18-/m1/s1. The molecule has 2 aromatic rings. The lowest BCUT2D eigenvalue weighted by Gasteiger charge is -2.28. The van der Waals surface area contributed by atoms with E-state index in [4.69, 9.17) is 4.42 Å². The molecule has 122 valence electrons. The van der Waals surface area contributed by atoms with Gasteiger partial charge in [-0.15, -0.1) is 0 Å². The number of likely N-dealkylation sites (tertiary alicyclic amines) is 1. The highest BCUT2D eigenvalue weighted by molar-refractivity contribution is 5.21. The van der Waals surface area contributed by atoms with Crippen LogP contribution in [0.2, 0.25) is 0 Å². The summed E-state index contributed by atoms with van der Waals surface area (Å²) in [5.41, 5.74) is 0.923. The Bertz CT molecular complexity index is 663. The second kappa shape index (κ2) is 6.44. The lowest BCUT2D eigenvalue weighted by atomic mass is 10.1. The Morgan fingerprint density at radius 3 is 2.87 bits per heavy atom. The summed E-state index contributed by atoms with van der Waals surface area (Å²) in [5.74, 6) is 1.47. The Balaban J connectivity index is 1.48. The van der Waals surface area contributed by atoms with Crippen molar-refractivity contribution in [1.82, 2.24) is 9.88 Å². The smallest absolute Gasteiger partial charge is 0.211 e. The molecule has 1 aliphatic carbocycles. The average Bonchev–Trinajstić information content (AvgIpc) is 3.28. The van der Waals surface area contributed by atoms with Crippen LogP contribution in [0, 0.1) is 5.82 Å². The van der Waals surface area contributed by atoms with Crippen LogP contribution in [0.3, 0.4) is 0 Å². The Labute approximate surface area is 136 Å². The van der Waals surface area contributed by atoms with Gasteiger partial charge in [0, 0.05) is 12.5 Å². The van der Waals surface area contributed by atoms with Crippen LogP contribution in [0.15, 0.2) is 34.9 Å². The molecule has 0 radical (unpaired) electrons. The molecule has 0 spiro atoms. The Hall–Kier alpha value is -1.68. The number of aromatic nitrogens is 1. The predicted molar refractivity (Wildman–Crippen MR) is 86.6 cm³/mol. The maximum Gasteiger partial charge on any atom is 0.211 e. The van der Waals surface area contributed by atoms with Crippen LogP contribution in [-0.2, 0) is 6.42 Å². The minimum absolute atomic E-state index is 0.203. The van der Waals surface area contributed by atoms with E-state index in [-0.39, 0.29) is 5.82 Å². The van der Waals surface area contributed by atoms with Crippen LogP contribution in [0.1, 0.15) is 61.8 Å². The average molecular weight is 314 g/mol. The van der Waals surface area contributed by atoms with Gasteiger partial charge in [-0.1, -0.05) is 25.0 Å². The number of hydrogen-bond donors (Lipinski definition) is 0. The minimum Gasteiger partial charge on any atom is -0.444 e. The normalized spacial score (nSPS) is 22.9. The Morgan fingerprint density at radius 2 is 2.04 bits per heavy atom. The van der Waals surface area contributed by atoms with E-state index in [2.05, 4.69) is 9.88 Å². The third-order valence-corrected chi connectivity index (χ3v) is 5.21. The molecule has 0 N–H and O–H groups in total. The molecule has 2 aliphatic rings. The number of halogens is 1. The van der Waals surface area contributed by atoms with Crippen molar-refractivity contribution >= 4 is 0 Å². The quantitative estimate of drug-likeness (QED) is 0.833. The first-order chi connectivity index (χ1) is 11.3. The fourth-order valence-corrected chi connectivity index (χ4v) is 4.13. The summed E-state index contributed by atoms with van der Waals surface area (Å²) in [4.78, 5) is 7.14. The number of benzene rings is 1. The first-order valence-corrected chi connectivity index (χ1v) is 8.74. The third-order valence-electron chi connectivity index (χ3n) is 5.21. The second-order valence-electron chi connectivity index (χ2n) is 6.81. The molecule has 1 saturated carbocycles. The summed E-state index contributed by atoms with van der Waals surface area (Å²) in [6.45, 7) is 1.16. The summed E-state index contributed by atoms with van der Waals surface area (Å²) in [6, 6.07) is 7.72. The molecule has 1 saturated heterocycles. The van der Waals surface area contributed by atoms with E-state index in [0.717, 1.165) is 30.2 Å².